The summed E-state index contributed by atoms with van der Waals surface area (Å²) >= 11 is 1.72. The van der Waals surface area contributed by atoms with Crippen molar-refractivity contribution in [1.29, 1.82) is 0 Å². The van der Waals surface area contributed by atoms with E-state index in [1.165, 1.54) is 6.08 Å². The second-order valence-corrected chi connectivity index (χ2v) is 5.73. The molecule has 2 N–H and O–H groups in total. The molecular formula is C16H19NO3S. The Kier molecular flexibility index (Phi) is 6.37. The van der Waals surface area contributed by atoms with E-state index in [0.717, 1.165) is 28.9 Å². The molecule has 0 saturated heterocycles. The van der Waals surface area contributed by atoms with Crippen LogP contribution in [0.5, 0.6) is 0 Å². The first-order chi connectivity index (χ1) is 10.3. The Morgan fingerprint density at radius 3 is 3.00 bits per heavy atom. The van der Waals surface area contributed by atoms with E-state index in [0.29, 0.717) is 12.3 Å². The molecule has 1 amide bonds. The quantitative estimate of drug-likeness (QED) is 0.581. The number of fused-ring (bicyclic) bond motifs is 1. The number of benzene rings is 1. The van der Waals surface area contributed by atoms with E-state index < -0.39 is 0 Å². The lowest BCUT2D eigenvalue weighted by atomic mass is 10.2. The van der Waals surface area contributed by atoms with E-state index in [1.54, 1.807) is 17.8 Å². The van der Waals surface area contributed by atoms with Crippen molar-refractivity contribution in [2.24, 2.45) is 0 Å². The molecule has 0 unspecified atom stereocenters. The van der Waals surface area contributed by atoms with Crippen molar-refractivity contribution in [3.63, 3.8) is 0 Å². The largest absolute Gasteiger partial charge is 0.457 e. The van der Waals surface area contributed by atoms with Crippen LogP contribution in [-0.2, 0) is 4.79 Å². The number of rotatable bonds is 8. The average molecular weight is 305 g/mol. The number of amides is 1. The van der Waals surface area contributed by atoms with Crippen LogP contribution in [0, 0.1) is 0 Å². The van der Waals surface area contributed by atoms with Crippen LogP contribution in [0.2, 0.25) is 0 Å². The Morgan fingerprint density at radius 2 is 2.19 bits per heavy atom. The summed E-state index contributed by atoms with van der Waals surface area (Å²) in [6.45, 7) is 0.846. The Bertz CT molecular complexity index is 573. The number of aliphatic hydroxyl groups excluding tert-OH is 1. The second kappa shape index (κ2) is 8.54. The van der Waals surface area contributed by atoms with Crippen molar-refractivity contribution in [2.45, 2.75) is 6.42 Å². The number of furan rings is 1. The maximum atomic E-state index is 11.6. The first kappa shape index (κ1) is 15.7. The molecule has 0 aliphatic carbocycles. The van der Waals surface area contributed by atoms with Gasteiger partial charge in [0.05, 0.1) is 0 Å². The lowest BCUT2D eigenvalue weighted by Crippen LogP contribution is -2.23. The molecule has 0 radical (unpaired) electrons. The summed E-state index contributed by atoms with van der Waals surface area (Å²) < 4.78 is 5.59. The average Bonchev–Trinajstić information content (AvgIpc) is 2.91. The number of para-hydroxylation sites is 1. The molecule has 0 atom stereocenters. The molecule has 1 aromatic heterocycles. The minimum Gasteiger partial charge on any atom is -0.457 e. The summed E-state index contributed by atoms with van der Waals surface area (Å²) in [6, 6.07) is 9.65. The highest BCUT2D eigenvalue weighted by Gasteiger charge is 2.00. The van der Waals surface area contributed by atoms with Gasteiger partial charge in [0.15, 0.2) is 0 Å². The molecule has 2 rings (SSSR count). The smallest absolute Gasteiger partial charge is 0.244 e. The van der Waals surface area contributed by atoms with Crippen LogP contribution in [0.1, 0.15) is 12.2 Å². The van der Waals surface area contributed by atoms with Crippen LogP contribution in [0.25, 0.3) is 17.0 Å². The molecule has 5 heteroatoms. The van der Waals surface area contributed by atoms with Crippen molar-refractivity contribution < 1.29 is 14.3 Å². The van der Waals surface area contributed by atoms with Crippen LogP contribution < -0.4 is 5.32 Å². The van der Waals surface area contributed by atoms with Gasteiger partial charge in [-0.1, -0.05) is 18.2 Å². The second-order valence-electron chi connectivity index (χ2n) is 4.50. The molecule has 0 bridgehead atoms. The molecule has 21 heavy (non-hydrogen) atoms. The molecule has 1 aromatic carbocycles. The van der Waals surface area contributed by atoms with E-state index in [1.807, 2.05) is 30.3 Å². The summed E-state index contributed by atoms with van der Waals surface area (Å²) in [5, 5.41) is 12.5. The monoisotopic (exact) mass is 305 g/mol. The number of nitrogens with one attached hydrogen (secondary N) is 1. The maximum absolute atomic E-state index is 11.6. The third-order valence-corrected chi connectivity index (χ3v) is 3.91. The zero-order chi connectivity index (χ0) is 14.9. The van der Waals surface area contributed by atoms with Crippen LogP contribution in [0.15, 0.2) is 40.8 Å². The van der Waals surface area contributed by atoms with Gasteiger partial charge in [0.25, 0.3) is 0 Å². The van der Waals surface area contributed by atoms with Gasteiger partial charge in [-0.2, -0.15) is 11.8 Å². The SMILES string of the molecule is O=C(/C=C/c1cc2ccccc2o1)NCCSCCCO. The molecule has 2 aromatic rings. The van der Waals surface area contributed by atoms with Crippen molar-refractivity contribution in [2.75, 3.05) is 24.7 Å². The fourth-order valence-electron chi connectivity index (χ4n) is 1.82. The zero-order valence-corrected chi connectivity index (χ0v) is 12.6. The Morgan fingerprint density at radius 1 is 1.33 bits per heavy atom. The summed E-state index contributed by atoms with van der Waals surface area (Å²) in [4.78, 5) is 11.6. The van der Waals surface area contributed by atoms with Gasteiger partial charge < -0.3 is 14.8 Å². The number of hydrogen-bond acceptors (Lipinski definition) is 4. The van der Waals surface area contributed by atoms with Crippen molar-refractivity contribution >= 4 is 34.7 Å². The van der Waals surface area contributed by atoms with E-state index in [2.05, 4.69) is 5.32 Å². The normalized spacial score (nSPS) is 11.3. The predicted octanol–water partition coefficient (Wildman–Crippen LogP) is 2.68. The summed E-state index contributed by atoms with van der Waals surface area (Å²) in [5.41, 5.74) is 0.817. The highest BCUT2D eigenvalue weighted by Crippen LogP contribution is 2.19. The summed E-state index contributed by atoms with van der Waals surface area (Å²) in [7, 11) is 0. The molecule has 0 aliphatic rings. The number of carbonyl (C=O) groups excluding carboxylic acids is 1. The predicted molar refractivity (Wildman–Crippen MR) is 87.3 cm³/mol. The van der Waals surface area contributed by atoms with Gasteiger partial charge in [0.1, 0.15) is 11.3 Å². The fraction of sp³-hybridized carbons (Fsp3) is 0.312. The number of thioether (sulfide) groups is 1. The van der Waals surface area contributed by atoms with Gasteiger partial charge in [0.2, 0.25) is 5.91 Å². The van der Waals surface area contributed by atoms with E-state index in [4.69, 9.17) is 9.52 Å². The summed E-state index contributed by atoms with van der Waals surface area (Å²) in [5.74, 6) is 2.31. The molecule has 0 fully saturated rings. The molecule has 1 heterocycles. The van der Waals surface area contributed by atoms with Crippen molar-refractivity contribution in [3.05, 3.63) is 42.2 Å². The maximum Gasteiger partial charge on any atom is 0.244 e. The summed E-state index contributed by atoms with van der Waals surface area (Å²) in [6.07, 6.45) is 3.95. The molecule has 0 aliphatic heterocycles. The van der Waals surface area contributed by atoms with Crippen molar-refractivity contribution in [3.8, 4) is 0 Å². The van der Waals surface area contributed by atoms with E-state index >= 15 is 0 Å². The number of hydrogen-bond donors (Lipinski definition) is 2. The van der Waals surface area contributed by atoms with Crippen LogP contribution >= 0.6 is 11.8 Å². The van der Waals surface area contributed by atoms with Crippen LogP contribution in [0.4, 0.5) is 0 Å². The lowest BCUT2D eigenvalue weighted by molar-refractivity contribution is -0.116. The Hall–Kier alpha value is -1.72. The standard InChI is InChI=1S/C16H19NO3S/c18-9-3-10-21-11-8-17-16(19)7-6-14-12-13-4-1-2-5-15(13)20-14/h1-2,4-7,12,18H,3,8-11H2,(H,17,19)/b7-6+. The minimum atomic E-state index is -0.127. The molecular weight excluding hydrogens is 286 g/mol. The molecule has 4 nitrogen and oxygen atoms in total. The van der Waals surface area contributed by atoms with Crippen LogP contribution in [0.3, 0.4) is 0 Å². The van der Waals surface area contributed by atoms with Gasteiger partial charge in [-0.15, -0.1) is 0 Å². The van der Waals surface area contributed by atoms with E-state index in [9.17, 15) is 4.79 Å². The highest BCUT2D eigenvalue weighted by molar-refractivity contribution is 7.99. The van der Waals surface area contributed by atoms with Crippen LogP contribution in [-0.4, -0.2) is 35.7 Å². The van der Waals surface area contributed by atoms with Gasteiger partial charge in [-0.25, -0.2) is 0 Å². The van der Waals surface area contributed by atoms with Gasteiger partial charge in [0, 0.05) is 30.4 Å². The third-order valence-electron chi connectivity index (χ3n) is 2.84. The molecule has 0 saturated carbocycles. The van der Waals surface area contributed by atoms with Crippen molar-refractivity contribution in [1.82, 2.24) is 5.32 Å². The minimum absolute atomic E-state index is 0.127. The number of aliphatic hydroxyl groups is 1. The first-order valence-electron chi connectivity index (χ1n) is 6.92. The Labute approximate surface area is 128 Å². The highest BCUT2D eigenvalue weighted by atomic mass is 32.2. The third kappa shape index (κ3) is 5.28. The lowest BCUT2D eigenvalue weighted by Gasteiger charge is -2.01. The molecule has 0 spiro atoms. The van der Waals surface area contributed by atoms with Gasteiger partial charge >= 0.3 is 0 Å². The first-order valence-corrected chi connectivity index (χ1v) is 8.08. The van der Waals surface area contributed by atoms with E-state index in [-0.39, 0.29) is 12.5 Å². The molecule has 112 valence electrons. The number of carbonyl (C=O) groups is 1. The zero-order valence-electron chi connectivity index (χ0n) is 11.7. The topological polar surface area (TPSA) is 62.5 Å². The van der Waals surface area contributed by atoms with Gasteiger partial charge in [-0.05, 0) is 30.4 Å². The fourth-order valence-corrected chi connectivity index (χ4v) is 2.60. The Balaban J connectivity index is 1.74. The van der Waals surface area contributed by atoms with Gasteiger partial charge in [-0.3, -0.25) is 4.79 Å².